The molecule has 2 aromatic carbocycles. The molecular weight excluding hydrogens is 411 g/mol. The van der Waals surface area contributed by atoms with E-state index in [2.05, 4.69) is 15.1 Å². The molecule has 0 saturated carbocycles. The first-order chi connectivity index (χ1) is 15.5. The smallest absolute Gasteiger partial charge is 0.263 e. The second kappa shape index (κ2) is 9.64. The van der Waals surface area contributed by atoms with Gasteiger partial charge in [0.05, 0.1) is 12.8 Å². The van der Waals surface area contributed by atoms with Crippen LogP contribution < -0.4 is 14.4 Å². The predicted molar refractivity (Wildman–Crippen MR) is 119 cm³/mol. The van der Waals surface area contributed by atoms with Gasteiger partial charge >= 0.3 is 0 Å². The number of benzene rings is 2. The summed E-state index contributed by atoms with van der Waals surface area (Å²) >= 11 is 0. The van der Waals surface area contributed by atoms with Crippen LogP contribution in [0.3, 0.4) is 0 Å². The molecule has 1 atom stereocenters. The lowest BCUT2D eigenvalue weighted by Crippen LogP contribution is -2.52. The first-order valence-corrected chi connectivity index (χ1v) is 10.5. The van der Waals surface area contributed by atoms with Crippen molar-refractivity contribution in [3.05, 3.63) is 66.5 Å². The minimum Gasteiger partial charge on any atom is -0.497 e. The molecule has 2 heterocycles. The first-order valence-electron chi connectivity index (χ1n) is 10.5. The lowest BCUT2D eigenvalue weighted by molar-refractivity contribution is -0.138. The summed E-state index contributed by atoms with van der Waals surface area (Å²) in [5.74, 6) is 1.01. The fourth-order valence-electron chi connectivity index (χ4n) is 3.60. The summed E-state index contributed by atoms with van der Waals surface area (Å²) in [5.41, 5.74) is 1.74. The number of methoxy groups -OCH3 is 1. The Labute approximate surface area is 186 Å². The number of amides is 1. The van der Waals surface area contributed by atoms with E-state index in [9.17, 15) is 9.18 Å². The van der Waals surface area contributed by atoms with Crippen LogP contribution in [0.2, 0.25) is 0 Å². The number of nitrogens with zero attached hydrogens (tertiary/aromatic N) is 4. The molecule has 0 aliphatic carbocycles. The van der Waals surface area contributed by atoms with Gasteiger partial charge in [-0.25, -0.2) is 4.39 Å². The zero-order valence-electron chi connectivity index (χ0n) is 18.1. The number of rotatable bonds is 6. The Morgan fingerprint density at radius 2 is 1.69 bits per heavy atom. The van der Waals surface area contributed by atoms with Crippen molar-refractivity contribution < 1.29 is 18.7 Å². The average molecular weight is 436 g/mol. The van der Waals surface area contributed by atoms with Gasteiger partial charge in [0.25, 0.3) is 5.91 Å². The standard InChI is InChI=1S/C24H25FN4O3/c1-17(32-22-6-4-3-5-20(22)25)24(30)29-15-13-28(14-16-29)23-12-11-21(26-27-23)18-7-9-19(31-2)10-8-18/h3-12,17H,13-16H2,1-2H3. The fraction of sp³-hybridized carbons (Fsp3) is 0.292. The van der Waals surface area contributed by atoms with Crippen molar-refractivity contribution in [2.24, 2.45) is 0 Å². The molecular formula is C24H25FN4O3. The van der Waals surface area contributed by atoms with Crippen LogP contribution in [0.5, 0.6) is 11.5 Å². The SMILES string of the molecule is COc1ccc(-c2ccc(N3CCN(C(=O)C(C)Oc4ccccc4F)CC3)nn2)cc1. The zero-order chi connectivity index (χ0) is 22.5. The Balaban J connectivity index is 1.33. The summed E-state index contributed by atoms with van der Waals surface area (Å²) < 4.78 is 24.5. The van der Waals surface area contributed by atoms with Gasteiger partial charge in [0, 0.05) is 31.7 Å². The van der Waals surface area contributed by atoms with E-state index in [0.29, 0.717) is 26.2 Å². The van der Waals surface area contributed by atoms with Crippen LogP contribution in [0.15, 0.2) is 60.7 Å². The minimum atomic E-state index is -0.762. The Kier molecular flexibility index (Phi) is 6.49. The van der Waals surface area contributed by atoms with Gasteiger partial charge in [-0.05, 0) is 55.5 Å². The number of para-hydroxylation sites is 1. The van der Waals surface area contributed by atoms with Crippen molar-refractivity contribution in [2.75, 3.05) is 38.2 Å². The number of halogens is 1. The Bertz CT molecular complexity index is 1050. The van der Waals surface area contributed by atoms with Crippen LogP contribution in [-0.2, 0) is 4.79 Å². The molecule has 1 aliphatic heterocycles. The average Bonchev–Trinajstić information content (AvgIpc) is 2.85. The lowest BCUT2D eigenvalue weighted by Gasteiger charge is -2.36. The largest absolute Gasteiger partial charge is 0.497 e. The zero-order valence-corrected chi connectivity index (χ0v) is 18.1. The molecule has 1 fully saturated rings. The molecule has 1 aliphatic rings. The van der Waals surface area contributed by atoms with Crippen LogP contribution in [0.4, 0.5) is 10.2 Å². The van der Waals surface area contributed by atoms with E-state index in [1.807, 2.05) is 36.4 Å². The molecule has 8 heteroatoms. The molecule has 1 amide bonds. The van der Waals surface area contributed by atoms with Crippen molar-refractivity contribution in [3.63, 3.8) is 0 Å². The maximum absolute atomic E-state index is 13.8. The maximum Gasteiger partial charge on any atom is 0.263 e. The van der Waals surface area contributed by atoms with Crippen molar-refractivity contribution in [3.8, 4) is 22.8 Å². The van der Waals surface area contributed by atoms with E-state index in [0.717, 1.165) is 22.8 Å². The van der Waals surface area contributed by atoms with Gasteiger partial charge in [-0.3, -0.25) is 4.79 Å². The van der Waals surface area contributed by atoms with E-state index in [1.54, 1.807) is 31.1 Å². The number of anilines is 1. The van der Waals surface area contributed by atoms with Crippen molar-refractivity contribution in [1.29, 1.82) is 0 Å². The van der Waals surface area contributed by atoms with Crippen LogP contribution in [0, 0.1) is 5.82 Å². The van der Waals surface area contributed by atoms with Crippen LogP contribution in [0.1, 0.15) is 6.92 Å². The second-order valence-corrected chi connectivity index (χ2v) is 7.51. The molecule has 32 heavy (non-hydrogen) atoms. The molecule has 0 N–H and O–H groups in total. The molecule has 1 saturated heterocycles. The summed E-state index contributed by atoms with van der Waals surface area (Å²) in [7, 11) is 1.63. The first kappa shape index (κ1) is 21.5. The summed E-state index contributed by atoms with van der Waals surface area (Å²) in [6.07, 6.45) is -0.762. The van der Waals surface area contributed by atoms with Crippen LogP contribution >= 0.6 is 0 Å². The molecule has 7 nitrogen and oxygen atoms in total. The molecule has 0 spiro atoms. The van der Waals surface area contributed by atoms with Crippen LogP contribution in [0.25, 0.3) is 11.3 Å². The quantitative estimate of drug-likeness (QED) is 0.590. The molecule has 3 aromatic rings. The summed E-state index contributed by atoms with van der Waals surface area (Å²) in [4.78, 5) is 16.6. The molecule has 166 valence electrons. The van der Waals surface area contributed by atoms with E-state index >= 15 is 0 Å². The number of piperazine rings is 1. The highest BCUT2D eigenvalue weighted by Crippen LogP contribution is 2.22. The van der Waals surface area contributed by atoms with Gasteiger partial charge in [0.15, 0.2) is 23.5 Å². The predicted octanol–water partition coefficient (Wildman–Crippen LogP) is 3.41. The van der Waals surface area contributed by atoms with Gasteiger partial charge in [0.2, 0.25) is 0 Å². The number of hydrogen-bond acceptors (Lipinski definition) is 6. The van der Waals surface area contributed by atoms with E-state index in [1.165, 1.54) is 12.1 Å². The molecule has 0 radical (unpaired) electrons. The van der Waals surface area contributed by atoms with Crippen molar-refractivity contribution in [1.82, 2.24) is 15.1 Å². The topological polar surface area (TPSA) is 67.8 Å². The third kappa shape index (κ3) is 4.80. The lowest BCUT2D eigenvalue weighted by atomic mass is 10.1. The number of carbonyl (C=O) groups excluding carboxylic acids is 1. The van der Waals surface area contributed by atoms with Crippen molar-refractivity contribution in [2.45, 2.75) is 13.0 Å². The van der Waals surface area contributed by atoms with E-state index in [4.69, 9.17) is 9.47 Å². The third-order valence-corrected chi connectivity index (χ3v) is 5.44. The summed E-state index contributed by atoms with van der Waals surface area (Å²) in [6, 6.07) is 17.6. The summed E-state index contributed by atoms with van der Waals surface area (Å²) in [5, 5.41) is 8.72. The number of hydrogen-bond donors (Lipinski definition) is 0. The molecule has 1 unspecified atom stereocenters. The number of ether oxygens (including phenoxy) is 2. The highest BCUT2D eigenvalue weighted by Gasteiger charge is 2.27. The van der Waals surface area contributed by atoms with E-state index < -0.39 is 11.9 Å². The number of aromatic nitrogens is 2. The Morgan fingerprint density at radius 1 is 0.969 bits per heavy atom. The molecule has 4 rings (SSSR count). The van der Waals surface area contributed by atoms with Gasteiger partial charge in [0.1, 0.15) is 5.75 Å². The summed E-state index contributed by atoms with van der Waals surface area (Å²) in [6.45, 7) is 3.98. The Hall–Kier alpha value is -3.68. The monoisotopic (exact) mass is 436 g/mol. The van der Waals surface area contributed by atoms with Gasteiger partial charge in [-0.15, -0.1) is 10.2 Å². The highest BCUT2D eigenvalue weighted by atomic mass is 19.1. The van der Waals surface area contributed by atoms with E-state index in [-0.39, 0.29) is 11.7 Å². The minimum absolute atomic E-state index is 0.0826. The van der Waals surface area contributed by atoms with Gasteiger partial charge in [-0.1, -0.05) is 12.1 Å². The fourth-order valence-corrected chi connectivity index (χ4v) is 3.60. The third-order valence-electron chi connectivity index (χ3n) is 5.44. The molecule has 1 aromatic heterocycles. The maximum atomic E-state index is 13.8. The van der Waals surface area contributed by atoms with Crippen LogP contribution in [-0.4, -0.2) is 60.4 Å². The number of carbonyl (C=O) groups is 1. The highest BCUT2D eigenvalue weighted by molar-refractivity contribution is 5.81. The van der Waals surface area contributed by atoms with Gasteiger partial charge < -0.3 is 19.3 Å². The Morgan fingerprint density at radius 3 is 2.31 bits per heavy atom. The molecule has 0 bridgehead atoms. The second-order valence-electron chi connectivity index (χ2n) is 7.51. The van der Waals surface area contributed by atoms with Crippen molar-refractivity contribution >= 4 is 11.7 Å². The normalized spacial score (nSPS) is 14.7. The van der Waals surface area contributed by atoms with Gasteiger partial charge in [-0.2, -0.15) is 0 Å².